The van der Waals surface area contributed by atoms with E-state index in [4.69, 9.17) is 16.3 Å². The third-order valence-corrected chi connectivity index (χ3v) is 6.06. The number of carbonyl (C=O) groups excluding carboxylic acids is 1. The molecule has 7 heteroatoms. The molecule has 0 aliphatic rings. The van der Waals surface area contributed by atoms with Gasteiger partial charge in [0.2, 0.25) is 0 Å². The summed E-state index contributed by atoms with van der Waals surface area (Å²) in [5.74, 6) is -0.268. The quantitative estimate of drug-likeness (QED) is 0.304. The van der Waals surface area contributed by atoms with E-state index in [0.717, 1.165) is 0 Å². The van der Waals surface area contributed by atoms with Crippen LogP contribution < -0.4 is 9.04 Å². The standard InChI is InChI=1S/C22H18ClNO4S/c1-2-15-24(19-13-11-18(23)12-14-19)29(26,27)21-10-6-7-17(16-21)22(25)28-20-8-4-3-5-9-20/h2-14,16H,1,15H2. The van der Waals surface area contributed by atoms with Crippen molar-refractivity contribution in [3.63, 3.8) is 0 Å². The molecule has 3 aromatic rings. The van der Waals surface area contributed by atoms with Gasteiger partial charge in [0.15, 0.2) is 0 Å². The first kappa shape index (κ1) is 20.6. The van der Waals surface area contributed by atoms with Gasteiger partial charge in [-0.15, -0.1) is 6.58 Å². The number of rotatable bonds is 7. The van der Waals surface area contributed by atoms with Crippen LogP contribution in [0.15, 0.2) is 96.4 Å². The summed E-state index contributed by atoms with van der Waals surface area (Å²) in [5, 5.41) is 0.496. The van der Waals surface area contributed by atoms with Crippen LogP contribution in [0.5, 0.6) is 5.75 Å². The molecule has 0 radical (unpaired) electrons. The van der Waals surface area contributed by atoms with Crippen LogP contribution in [-0.4, -0.2) is 20.9 Å². The molecule has 0 aliphatic heterocycles. The lowest BCUT2D eigenvalue weighted by Gasteiger charge is -2.23. The first-order valence-corrected chi connectivity index (χ1v) is 10.5. The van der Waals surface area contributed by atoms with Crippen LogP contribution in [0.4, 0.5) is 5.69 Å². The van der Waals surface area contributed by atoms with Crippen molar-refractivity contribution in [1.82, 2.24) is 0 Å². The van der Waals surface area contributed by atoms with Gasteiger partial charge in [-0.2, -0.15) is 0 Å². The fourth-order valence-corrected chi connectivity index (χ4v) is 4.24. The number of halogens is 1. The highest BCUT2D eigenvalue weighted by Crippen LogP contribution is 2.26. The molecular formula is C22H18ClNO4S. The van der Waals surface area contributed by atoms with Gasteiger partial charge in [-0.3, -0.25) is 4.31 Å². The predicted octanol–water partition coefficient (Wildman–Crippen LogP) is 4.94. The number of benzene rings is 3. The van der Waals surface area contributed by atoms with Crippen molar-refractivity contribution in [1.29, 1.82) is 0 Å². The Bertz CT molecular complexity index is 1110. The molecule has 0 saturated heterocycles. The smallest absolute Gasteiger partial charge is 0.343 e. The molecule has 5 nitrogen and oxygen atoms in total. The molecule has 0 N–H and O–H groups in total. The van der Waals surface area contributed by atoms with E-state index in [1.54, 1.807) is 54.6 Å². The first-order valence-electron chi connectivity index (χ1n) is 8.68. The van der Waals surface area contributed by atoms with Crippen molar-refractivity contribution < 1.29 is 17.9 Å². The number of hydrogen-bond acceptors (Lipinski definition) is 4. The van der Waals surface area contributed by atoms with Gasteiger partial charge in [-0.1, -0.05) is 41.9 Å². The van der Waals surface area contributed by atoms with Crippen LogP contribution in [0, 0.1) is 0 Å². The van der Waals surface area contributed by atoms with E-state index in [0.29, 0.717) is 16.5 Å². The van der Waals surface area contributed by atoms with Gasteiger partial charge in [0, 0.05) is 5.02 Å². The summed E-state index contributed by atoms with van der Waals surface area (Å²) in [4.78, 5) is 12.4. The molecule has 0 aliphatic carbocycles. The number of anilines is 1. The maximum atomic E-state index is 13.2. The van der Waals surface area contributed by atoms with Crippen molar-refractivity contribution in [3.05, 3.63) is 102 Å². The molecule has 29 heavy (non-hydrogen) atoms. The number of carbonyl (C=O) groups is 1. The molecule has 0 spiro atoms. The Morgan fingerprint density at radius 3 is 2.34 bits per heavy atom. The van der Waals surface area contributed by atoms with Crippen LogP contribution in [-0.2, 0) is 10.0 Å². The molecule has 3 aromatic carbocycles. The van der Waals surface area contributed by atoms with Gasteiger partial charge in [0.05, 0.1) is 22.7 Å². The number of para-hydroxylation sites is 1. The van der Waals surface area contributed by atoms with E-state index < -0.39 is 16.0 Å². The predicted molar refractivity (Wildman–Crippen MR) is 114 cm³/mol. The van der Waals surface area contributed by atoms with Crippen LogP contribution >= 0.6 is 11.6 Å². The maximum Gasteiger partial charge on any atom is 0.343 e. The number of esters is 1. The Balaban J connectivity index is 1.93. The molecule has 3 rings (SSSR count). The largest absolute Gasteiger partial charge is 0.423 e. The SMILES string of the molecule is C=CCN(c1ccc(Cl)cc1)S(=O)(=O)c1cccc(C(=O)Oc2ccccc2)c1. The second-order valence-corrected chi connectivity index (χ2v) is 8.33. The monoisotopic (exact) mass is 427 g/mol. The second-order valence-electron chi connectivity index (χ2n) is 6.03. The second kappa shape index (κ2) is 8.94. The normalized spacial score (nSPS) is 10.9. The summed E-state index contributed by atoms with van der Waals surface area (Å²) in [6, 6.07) is 20.7. The first-order chi connectivity index (χ1) is 13.9. The lowest BCUT2D eigenvalue weighted by Crippen LogP contribution is -2.31. The zero-order valence-corrected chi connectivity index (χ0v) is 16.9. The molecular weight excluding hydrogens is 410 g/mol. The van der Waals surface area contributed by atoms with Crippen molar-refractivity contribution in [3.8, 4) is 5.75 Å². The lowest BCUT2D eigenvalue weighted by atomic mass is 10.2. The Hall–Kier alpha value is -3.09. The molecule has 0 saturated carbocycles. The minimum Gasteiger partial charge on any atom is -0.423 e. The van der Waals surface area contributed by atoms with E-state index in [1.165, 1.54) is 34.6 Å². The van der Waals surface area contributed by atoms with Crippen LogP contribution in [0.1, 0.15) is 10.4 Å². The zero-order chi connectivity index (χ0) is 20.9. The lowest BCUT2D eigenvalue weighted by molar-refractivity contribution is 0.0734. The Labute approximate surface area is 174 Å². The van der Waals surface area contributed by atoms with Crippen LogP contribution in [0.25, 0.3) is 0 Å². The van der Waals surface area contributed by atoms with Gasteiger partial charge < -0.3 is 4.74 Å². The van der Waals surface area contributed by atoms with Crippen LogP contribution in [0.2, 0.25) is 5.02 Å². The molecule has 0 atom stereocenters. The van der Waals surface area contributed by atoms with E-state index in [2.05, 4.69) is 6.58 Å². The fourth-order valence-electron chi connectivity index (χ4n) is 2.63. The topological polar surface area (TPSA) is 63.7 Å². The summed E-state index contributed by atoms with van der Waals surface area (Å²) in [6.45, 7) is 3.70. The van der Waals surface area contributed by atoms with Gasteiger partial charge in [-0.05, 0) is 54.6 Å². The summed E-state index contributed by atoms with van der Waals surface area (Å²) in [7, 11) is -3.95. The molecule has 0 fully saturated rings. The molecule has 0 heterocycles. The summed E-state index contributed by atoms with van der Waals surface area (Å²) in [5.41, 5.74) is 0.566. The van der Waals surface area contributed by atoms with Crippen molar-refractivity contribution >= 4 is 33.3 Å². The van der Waals surface area contributed by atoms with E-state index in [1.807, 2.05) is 0 Å². The van der Waals surface area contributed by atoms with E-state index in [9.17, 15) is 13.2 Å². The number of hydrogen-bond donors (Lipinski definition) is 0. The van der Waals surface area contributed by atoms with Crippen molar-refractivity contribution in [2.24, 2.45) is 0 Å². The van der Waals surface area contributed by atoms with Gasteiger partial charge in [-0.25, -0.2) is 13.2 Å². The number of ether oxygens (including phenoxy) is 1. The minimum atomic E-state index is -3.95. The zero-order valence-electron chi connectivity index (χ0n) is 15.4. The minimum absolute atomic E-state index is 0.0307. The van der Waals surface area contributed by atoms with E-state index in [-0.39, 0.29) is 17.0 Å². The number of sulfonamides is 1. The van der Waals surface area contributed by atoms with Crippen molar-refractivity contribution in [2.45, 2.75) is 4.90 Å². The third kappa shape index (κ3) is 4.85. The highest BCUT2D eigenvalue weighted by molar-refractivity contribution is 7.92. The molecule has 0 bridgehead atoms. The maximum absolute atomic E-state index is 13.2. The summed E-state index contributed by atoms with van der Waals surface area (Å²) in [6.07, 6.45) is 1.49. The van der Waals surface area contributed by atoms with Gasteiger partial charge >= 0.3 is 5.97 Å². The molecule has 0 amide bonds. The number of nitrogens with zero attached hydrogens (tertiary/aromatic N) is 1. The Kier molecular flexibility index (Phi) is 6.36. The molecule has 0 aromatic heterocycles. The average Bonchev–Trinajstić information content (AvgIpc) is 2.73. The molecule has 148 valence electrons. The fraction of sp³-hybridized carbons (Fsp3) is 0.0455. The van der Waals surface area contributed by atoms with Gasteiger partial charge in [0.1, 0.15) is 5.75 Å². The van der Waals surface area contributed by atoms with Crippen molar-refractivity contribution in [2.75, 3.05) is 10.8 Å². The summed E-state index contributed by atoms with van der Waals surface area (Å²) >= 11 is 5.91. The van der Waals surface area contributed by atoms with Gasteiger partial charge in [0.25, 0.3) is 10.0 Å². The highest BCUT2D eigenvalue weighted by Gasteiger charge is 2.25. The third-order valence-electron chi connectivity index (χ3n) is 4.02. The molecule has 0 unspecified atom stereocenters. The Morgan fingerprint density at radius 1 is 1.00 bits per heavy atom. The average molecular weight is 428 g/mol. The Morgan fingerprint density at radius 2 is 1.69 bits per heavy atom. The van der Waals surface area contributed by atoms with Crippen LogP contribution in [0.3, 0.4) is 0 Å². The van der Waals surface area contributed by atoms with E-state index >= 15 is 0 Å². The highest BCUT2D eigenvalue weighted by atomic mass is 35.5. The summed E-state index contributed by atoms with van der Waals surface area (Å²) < 4.78 is 33.0.